The monoisotopic (exact) mass is 341 g/mol. The van der Waals surface area contributed by atoms with Crippen molar-refractivity contribution in [3.63, 3.8) is 0 Å². The number of H-pyrrole nitrogens is 1. The van der Waals surface area contributed by atoms with E-state index in [1.807, 2.05) is 36.4 Å². The van der Waals surface area contributed by atoms with Crippen molar-refractivity contribution in [3.8, 4) is 11.5 Å². The van der Waals surface area contributed by atoms with E-state index >= 15 is 0 Å². The van der Waals surface area contributed by atoms with Crippen LogP contribution in [0.3, 0.4) is 0 Å². The third-order valence-corrected chi connectivity index (χ3v) is 4.50. The lowest BCUT2D eigenvalue weighted by atomic mass is 10.3. The second-order valence-electron chi connectivity index (χ2n) is 4.97. The fourth-order valence-electron chi connectivity index (χ4n) is 2.30. The van der Waals surface area contributed by atoms with Crippen LogP contribution in [0.15, 0.2) is 48.8 Å². The summed E-state index contributed by atoms with van der Waals surface area (Å²) in [7, 11) is 0. The van der Waals surface area contributed by atoms with Crippen molar-refractivity contribution in [1.29, 1.82) is 0 Å². The number of hydrogen-bond donors (Lipinski definition) is 2. The lowest BCUT2D eigenvalue weighted by Gasteiger charge is -2.03. The second-order valence-corrected chi connectivity index (χ2v) is 6.66. The Labute approximate surface area is 141 Å². The SMILES string of the molecule is Clc1ncc(CNc2ccc3nc(-c4ccccn4)[nH]c3c2)s1. The molecule has 0 saturated carbocycles. The van der Waals surface area contributed by atoms with E-state index in [-0.39, 0.29) is 0 Å². The van der Waals surface area contributed by atoms with Gasteiger partial charge in [-0.25, -0.2) is 9.97 Å². The second kappa shape index (κ2) is 5.98. The Kier molecular flexibility index (Phi) is 3.69. The maximum absolute atomic E-state index is 5.84. The number of fused-ring (bicyclic) bond motifs is 1. The number of pyridine rings is 1. The smallest absolute Gasteiger partial charge is 0.183 e. The average molecular weight is 342 g/mol. The van der Waals surface area contributed by atoms with Gasteiger partial charge < -0.3 is 10.3 Å². The molecular formula is C16H12ClN5S. The van der Waals surface area contributed by atoms with Crippen LogP contribution in [-0.4, -0.2) is 19.9 Å². The van der Waals surface area contributed by atoms with E-state index in [1.54, 1.807) is 12.4 Å². The fraction of sp³-hybridized carbons (Fsp3) is 0.0625. The zero-order chi connectivity index (χ0) is 15.6. The number of imidazole rings is 1. The molecule has 0 spiro atoms. The molecule has 3 heterocycles. The van der Waals surface area contributed by atoms with Crippen LogP contribution in [0.4, 0.5) is 5.69 Å². The number of rotatable bonds is 4. The van der Waals surface area contributed by atoms with Gasteiger partial charge in [0.15, 0.2) is 10.3 Å². The largest absolute Gasteiger partial charge is 0.380 e. The predicted octanol–water partition coefficient (Wildman–Crippen LogP) is 4.35. The molecule has 4 rings (SSSR count). The quantitative estimate of drug-likeness (QED) is 0.579. The normalized spacial score (nSPS) is 11.0. The van der Waals surface area contributed by atoms with Crippen LogP contribution in [0.1, 0.15) is 4.88 Å². The zero-order valence-electron chi connectivity index (χ0n) is 12.0. The van der Waals surface area contributed by atoms with Gasteiger partial charge in [0.1, 0.15) is 5.69 Å². The molecule has 5 nitrogen and oxygen atoms in total. The third kappa shape index (κ3) is 3.04. The number of aromatic amines is 1. The molecule has 7 heteroatoms. The van der Waals surface area contributed by atoms with E-state index in [0.29, 0.717) is 11.0 Å². The van der Waals surface area contributed by atoms with Gasteiger partial charge in [-0.1, -0.05) is 17.7 Å². The molecule has 0 aliphatic carbocycles. The molecule has 0 aliphatic heterocycles. The van der Waals surface area contributed by atoms with Crippen molar-refractivity contribution < 1.29 is 0 Å². The van der Waals surface area contributed by atoms with Crippen molar-refractivity contribution in [2.45, 2.75) is 6.54 Å². The Hall–Kier alpha value is -2.44. The minimum atomic E-state index is 0.561. The van der Waals surface area contributed by atoms with Gasteiger partial charge in [-0.05, 0) is 30.3 Å². The summed E-state index contributed by atoms with van der Waals surface area (Å²) in [5.41, 5.74) is 3.73. The van der Waals surface area contributed by atoms with Crippen molar-refractivity contribution in [1.82, 2.24) is 19.9 Å². The number of benzene rings is 1. The van der Waals surface area contributed by atoms with E-state index in [2.05, 4.69) is 25.3 Å². The van der Waals surface area contributed by atoms with E-state index in [1.165, 1.54) is 11.3 Å². The van der Waals surface area contributed by atoms with E-state index < -0.39 is 0 Å². The average Bonchev–Trinajstić information content (AvgIpc) is 3.19. The molecule has 0 saturated heterocycles. The number of halogens is 1. The molecule has 0 amide bonds. The van der Waals surface area contributed by atoms with Crippen LogP contribution < -0.4 is 5.32 Å². The van der Waals surface area contributed by atoms with Gasteiger partial charge in [0, 0.05) is 23.0 Å². The summed E-state index contributed by atoms with van der Waals surface area (Å²) in [5.74, 6) is 0.770. The molecule has 0 aliphatic rings. The summed E-state index contributed by atoms with van der Waals surface area (Å²) in [6, 6.07) is 11.8. The highest BCUT2D eigenvalue weighted by Crippen LogP contribution is 2.23. The number of thiazole rings is 1. The lowest BCUT2D eigenvalue weighted by Crippen LogP contribution is -1.96. The van der Waals surface area contributed by atoms with Gasteiger partial charge in [0.05, 0.1) is 17.6 Å². The molecule has 23 heavy (non-hydrogen) atoms. The first-order valence-electron chi connectivity index (χ1n) is 7.03. The van der Waals surface area contributed by atoms with Crippen molar-refractivity contribution in [2.75, 3.05) is 5.32 Å². The van der Waals surface area contributed by atoms with Crippen molar-refractivity contribution in [3.05, 3.63) is 58.1 Å². The van der Waals surface area contributed by atoms with Crippen LogP contribution in [0.2, 0.25) is 4.47 Å². The molecule has 3 aromatic heterocycles. The first-order chi connectivity index (χ1) is 11.3. The minimum Gasteiger partial charge on any atom is -0.380 e. The first kappa shape index (κ1) is 14.2. The highest BCUT2D eigenvalue weighted by molar-refractivity contribution is 7.15. The summed E-state index contributed by atoms with van der Waals surface area (Å²) >= 11 is 7.32. The van der Waals surface area contributed by atoms with Crippen LogP contribution in [0, 0.1) is 0 Å². The van der Waals surface area contributed by atoms with Gasteiger partial charge >= 0.3 is 0 Å². The van der Waals surface area contributed by atoms with Crippen molar-refractivity contribution in [2.24, 2.45) is 0 Å². The number of anilines is 1. The molecule has 0 unspecified atom stereocenters. The fourth-order valence-corrected chi connectivity index (χ4v) is 3.22. The summed E-state index contributed by atoms with van der Waals surface area (Å²) in [6.07, 6.45) is 3.55. The summed E-state index contributed by atoms with van der Waals surface area (Å²) in [4.78, 5) is 17.3. The molecule has 114 valence electrons. The van der Waals surface area contributed by atoms with Crippen LogP contribution in [0.25, 0.3) is 22.6 Å². The first-order valence-corrected chi connectivity index (χ1v) is 8.23. The number of nitrogens with one attached hydrogen (secondary N) is 2. The van der Waals surface area contributed by atoms with Crippen LogP contribution >= 0.6 is 22.9 Å². The Morgan fingerprint density at radius 1 is 1.17 bits per heavy atom. The third-order valence-electron chi connectivity index (χ3n) is 3.38. The van der Waals surface area contributed by atoms with Gasteiger partial charge in [-0.3, -0.25) is 4.98 Å². The van der Waals surface area contributed by atoms with Gasteiger partial charge in [-0.15, -0.1) is 11.3 Å². The zero-order valence-corrected chi connectivity index (χ0v) is 13.5. The highest BCUT2D eigenvalue weighted by atomic mass is 35.5. The Morgan fingerprint density at radius 3 is 2.91 bits per heavy atom. The number of hydrogen-bond acceptors (Lipinski definition) is 5. The van der Waals surface area contributed by atoms with E-state index in [0.717, 1.165) is 33.1 Å². The molecule has 0 fully saturated rings. The molecule has 0 radical (unpaired) electrons. The highest BCUT2D eigenvalue weighted by Gasteiger charge is 2.07. The maximum Gasteiger partial charge on any atom is 0.183 e. The standard InChI is InChI=1S/C16H12ClN5S/c17-16-20-9-11(23-16)8-19-10-4-5-12-14(7-10)22-15(21-12)13-3-1-2-6-18-13/h1-7,9,19H,8H2,(H,21,22). The number of aromatic nitrogens is 4. The predicted molar refractivity (Wildman–Crippen MR) is 93.8 cm³/mol. The molecule has 1 aromatic carbocycles. The van der Waals surface area contributed by atoms with Gasteiger partial charge in [0.25, 0.3) is 0 Å². The maximum atomic E-state index is 5.84. The Balaban J connectivity index is 1.58. The summed E-state index contributed by atoms with van der Waals surface area (Å²) in [6.45, 7) is 0.692. The topological polar surface area (TPSA) is 66.5 Å². The molecule has 0 bridgehead atoms. The molecule has 0 atom stereocenters. The minimum absolute atomic E-state index is 0.561. The Morgan fingerprint density at radius 2 is 2.13 bits per heavy atom. The number of nitrogens with zero attached hydrogens (tertiary/aromatic N) is 3. The van der Waals surface area contributed by atoms with Crippen LogP contribution in [0.5, 0.6) is 0 Å². The molecule has 2 N–H and O–H groups in total. The molecular weight excluding hydrogens is 330 g/mol. The van der Waals surface area contributed by atoms with Crippen LogP contribution in [-0.2, 0) is 6.54 Å². The lowest BCUT2D eigenvalue weighted by molar-refractivity contribution is 1.18. The Bertz CT molecular complexity index is 947. The summed E-state index contributed by atoms with van der Waals surface area (Å²) in [5, 5.41) is 3.36. The van der Waals surface area contributed by atoms with E-state index in [9.17, 15) is 0 Å². The summed E-state index contributed by atoms with van der Waals surface area (Å²) < 4.78 is 0.561. The molecule has 4 aromatic rings. The van der Waals surface area contributed by atoms with Gasteiger partial charge in [0.2, 0.25) is 0 Å². The van der Waals surface area contributed by atoms with Gasteiger partial charge in [-0.2, -0.15) is 0 Å². The van der Waals surface area contributed by atoms with Crippen molar-refractivity contribution >= 4 is 39.7 Å². The van der Waals surface area contributed by atoms with E-state index in [4.69, 9.17) is 11.6 Å².